The predicted octanol–water partition coefficient (Wildman–Crippen LogP) is 2.49. The molecular weight excluding hydrogens is 374 g/mol. The Kier molecular flexibility index (Phi) is 6.36. The van der Waals surface area contributed by atoms with E-state index in [-0.39, 0.29) is 6.54 Å². The number of H-pyrrole nitrogens is 1. The van der Waals surface area contributed by atoms with Gasteiger partial charge in [-0.2, -0.15) is 0 Å². The zero-order valence-corrected chi connectivity index (χ0v) is 16.4. The van der Waals surface area contributed by atoms with Gasteiger partial charge in [0.2, 0.25) is 5.91 Å². The zero-order valence-electron chi connectivity index (χ0n) is 16.4. The van der Waals surface area contributed by atoms with E-state index in [1.165, 1.54) is 14.2 Å². The lowest BCUT2D eigenvalue weighted by molar-refractivity contribution is -0.122. The van der Waals surface area contributed by atoms with Crippen molar-refractivity contribution in [2.24, 2.45) is 0 Å². The number of rotatable bonds is 9. The molecule has 0 aliphatic rings. The van der Waals surface area contributed by atoms with Crippen LogP contribution in [0.3, 0.4) is 0 Å². The van der Waals surface area contributed by atoms with Crippen molar-refractivity contribution in [3.63, 3.8) is 0 Å². The standard InChI is InChI=1S/C21H23N3O5/c1-27-13-8-19(28-2)15(20(9-13)29-3)10-22-18(12-25)21(26)24-17-11-23-16-7-5-4-6-14(16)17/h4-9,11-12,18,22-23H,10H2,1-3H3,(H,24,26). The molecule has 1 amide bonds. The van der Waals surface area contributed by atoms with Crippen molar-refractivity contribution in [1.29, 1.82) is 0 Å². The highest BCUT2D eigenvalue weighted by Gasteiger charge is 2.21. The maximum atomic E-state index is 12.6. The number of amides is 1. The van der Waals surface area contributed by atoms with Crippen molar-refractivity contribution in [2.45, 2.75) is 12.6 Å². The number of fused-ring (bicyclic) bond motifs is 1. The molecule has 3 N–H and O–H groups in total. The number of carbonyl (C=O) groups excluding carboxylic acids is 2. The van der Waals surface area contributed by atoms with Crippen molar-refractivity contribution in [2.75, 3.05) is 26.6 Å². The first-order valence-electron chi connectivity index (χ1n) is 8.95. The highest BCUT2D eigenvalue weighted by atomic mass is 16.5. The lowest BCUT2D eigenvalue weighted by Crippen LogP contribution is -2.41. The van der Waals surface area contributed by atoms with Gasteiger partial charge in [-0.05, 0) is 6.07 Å². The van der Waals surface area contributed by atoms with Gasteiger partial charge in [-0.1, -0.05) is 18.2 Å². The largest absolute Gasteiger partial charge is 0.496 e. The number of methoxy groups -OCH3 is 3. The maximum Gasteiger partial charge on any atom is 0.248 e. The Morgan fingerprint density at radius 2 is 1.79 bits per heavy atom. The van der Waals surface area contributed by atoms with Gasteiger partial charge in [0.15, 0.2) is 0 Å². The van der Waals surface area contributed by atoms with Crippen LogP contribution in [-0.4, -0.2) is 44.5 Å². The fourth-order valence-electron chi connectivity index (χ4n) is 3.05. The molecule has 1 heterocycles. The number of hydrogen-bond acceptors (Lipinski definition) is 6. The van der Waals surface area contributed by atoms with E-state index in [1.54, 1.807) is 25.4 Å². The van der Waals surface area contributed by atoms with E-state index in [9.17, 15) is 9.59 Å². The second kappa shape index (κ2) is 9.11. The molecule has 0 radical (unpaired) electrons. The topological polar surface area (TPSA) is 102 Å². The van der Waals surface area contributed by atoms with Crippen LogP contribution in [0.4, 0.5) is 5.69 Å². The third kappa shape index (κ3) is 4.33. The van der Waals surface area contributed by atoms with Gasteiger partial charge < -0.3 is 29.3 Å². The number of aromatic amines is 1. The first-order valence-corrected chi connectivity index (χ1v) is 8.95. The van der Waals surface area contributed by atoms with Crippen molar-refractivity contribution >= 4 is 28.8 Å². The molecule has 29 heavy (non-hydrogen) atoms. The normalized spacial score (nSPS) is 11.7. The van der Waals surface area contributed by atoms with Gasteiger partial charge in [-0.15, -0.1) is 0 Å². The third-order valence-electron chi connectivity index (χ3n) is 4.58. The lowest BCUT2D eigenvalue weighted by atomic mass is 10.1. The Labute approximate surface area is 168 Å². The minimum absolute atomic E-state index is 0.182. The van der Waals surface area contributed by atoms with E-state index >= 15 is 0 Å². The molecule has 8 heteroatoms. The molecule has 0 fully saturated rings. The monoisotopic (exact) mass is 397 g/mol. The van der Waals surface area contributed by atoms with Crippen LogP contribution in [0.1, 0.15) is 5.56 Å². The van der Waals surface area contributed by atoms with Crippen LogP contribution < -0.4 is 24.8 Å². The summed E-state index contributed by atoms with van der Waals surface area (Å²) >= 11 is 0. The van der Waals surface area contributed by atoms with Gasteiger partial charge in [-0.25, -0.2) is 0 Å². The summed E-state index contributed by atoms with van der Waals surface area (Å²) in [6.45, 7) is 0.182. The van der Waals surface area contributed by atoms with Crippen molar-refractivity contribution in [3.8, 4) is 17.2 Å². The molecule has 0 aliphatic heterocycles. The quantitative estimate of drug-likeness (QED) is 0.379. The van der Waals surface area contributed by atoms with Gasteiger partial charge in [0, 0.05) is 35.8 Å². The molecular formula is C21H23N3O5. The summed E-state index contributed by atoms with van der Waals surface area (Å²) in [5.41, 5.74) is 2.17. The zero-order chi connectivity index (χ0) is 20.8. The number of aromatic nitrogens is 1. The summed E-state index contributed by atoms with van der Waals surface area (Å²) in [5.74, 6) is 1.16. The summed E-state index contributed by atoms with van der Waals surface area (Å²) in [4.78, 5) is 27.3. The summed E-state index contributed by atoms with van der Waals surface area (Å²) < 4.78 is 16.0. The fraction of sp³-hybridized carbons (Fsp3) is 0.238. The molecule has 0 bridgehead atoms. The summed E-state index contributed by atoms with van der Waals surface area (Å²) in [7, 11) is 4.60. The Balaban J connectivity index is 1.75. The number of aldehydes is 1. The average Bonchev–Trinajstić information content (AvgIpc) is 3.16. The molecule has 8 nitrogen and oxygen atoms in total. The van der Waals surface area contributed by atoms with Crippen molar-refractivity contribution in [3.05, 3.63) is 48.2 Å². The highest BCUT2D eigenvalue weighted by molar-refractivity contribution is 6.08. The van der Waals surface area contributed by atoms with Gasteiger partial charge >= 0.3 is 0 Å². The number of benzene rings is 2. The number of anilines is 1. The van der Waals surface area contributed by atoms with E-state index in [0.717, 1.165) is 10.9 Å². The predicted molar refractivity (Wildman–Crippen MR) is 110 cm³/mol. The van der Waals surface area contributed by atoms with Crippen LogP contribution in [0.5, 0.6) is 17.2 Å². The summed E-state index contributed by atoms with van der Waals surface area (Å²) in [5, 5.41) is 6.59. The van der Waals surface area contributed by atoms with Crippen molar-refractivity contribution < 1.29 is 23.8 Å². The lowest BCUT2D eigenvalue weighted by Gasteiger charge is -2.17. The first-order chi connectivity index (χ1) is 14.1. The van der Waals surface area contributed by atoms with E-state index in [4.69, 9.17) is 14.2 Å². The van der Waals surface area contributed by atoms with Crippen LogP contribution in [0.25, 0.3) is 10.9 Å². The molecule has 1 atom stereocenters. The number of hydrogen-bond donors (Lipinski definition) is 3. The number of carbonyl (C=O) groups is 2. The molecule has 0 saturated carbocycles. The van der Waals surface area contributed by atoms with E-state index in [2.05, 4.69) is 15.6 Å². The van der Waals surface area contributed by atoms with E-state index in [1.807, 2.05) is 24.3 Å². The second-order valence-corrected chi connectivity index (χ2v) is 6.24. The Morgan fingerprint density at radius 3 is 2.41 bits per heavy atom. The smallest absolute Gasteiger partial charge is 0.248 e. The molecule has 0 saturated heterocycles. The summed E-state index contributed by atoms with van der Waals surface area (Å²) in [6, 6.07) is 9.93. The Hall–Kier alpha value is -3.52. The van der Waals surface area contributed by atoms with Gasteiger partial charge in [0.25, 0.3) is 0 Å². The number of nitrogens with one attached hydrogen (secondary N) is 3. The van der Waals surface area contributed by atoms with Crippen LogP contribution in [0, 0.1) is 0 Å². The minimum Gasteiger partial charge on any atom is -0.496 e. The summed E-state index contributed by atoms with van der Waals surface area (Å²) in [6.07, 6.45) is 2.26. The number of ether oxygens (including phenoxy) is 3. The Bertz CT molecular complexity index is 989. The second-order valence-electron chi connectivity index (χ2n) is 6.24. The molecule has 3 aromatic rings. The molecule has 152 valence electrons. The van der Waals surface area contributed by atoms with Gasteiger partial charge in [0.1, 0.15) is 29.6 Å². The third-order valence-corrected chi connectivity index (χ3v) is 4.58. The van der Waals surface area contributed by atoms with E-state index in [0.29, 0.717) is 34.8 Å². The van der Waals surface area contributed by atoms with E-state index < -0.39 is 11.9 Å². The van der Waals surface area contributed by atoms with Crippen molar-refractivity contribution in [1.82, 2.24) is 10.3 Å². The molecule has 0 aliphatic carbocycles. The molecule has 1 unspecified atom stereocenters. The van der Waals surface area contributed by atoms with Gasteiger partial charge in [0.05, 0.1) is 32.6 Å². The average molecular weight is 397 g/mol. The number of para-hydroxylation sites is 1. The SMILES string of the molecule is COc1cc(OC)c(CNC(C=O)C(=O)Nc2c[nH]c3ccccc23)c(OC)c1. The van der Waals surface area contributed by atoms with Gasteiger partial charge in [-0.3, -0.25) is 10.1 Å². The van der Waals surface area contributed by atoms with Crippen LogP contribution in [0.2, 0.25) is 0 Å². The van der Waals surface area contributed by atoms with Crippen LogP contribution in [-0.2, 0) is 16.1 Å². The van der Waals surface area contributed by atoms with Crippen LogP contribution >= 0.6 is 0 Å². The molecule has 2 aromatic carbocycles. The maximum absolute atomic E-state index is 12.6. The minimum atomic E-state index is -1.06. The fourth-order valence-corrected chi connectivity index (χ4v) is 3.05. The first kappa shape index (κ1) is 20.2. The molecule has 1 aromatic heterocycles. The Morgan fingerprint density at radius 1 is 1.10 bits per heavy atom. The van der Waals surface area contributed by atoms with Crippen LogP contribution in [0.15, 0.2) is 42.6 Å². The molecule has 0 spiro atoms. The highest BCUT2D eigenvalue weighted by Crippen LogP contribution is 2.34. The molecule has 3 rings (SSSR count).